The van der Waals surface area contributed by atoms with Gasteiger partial charge >= 0.3 is 0 Å². The fraction of sp³-hybridized carbons (Fsp3) is 0.263. The van der Waals surface area contributed by atoms with Gasteiger partial charge in [-0.05, 0) is 55.4 Å². The molecule has 1 saturated heterocycles. The van der Waals surface area contributed by atoms with E-state index in [-0.39, 0.29) is 17.5 Å². The van der Waals surface area contributed by atoms with Crippen LogP contribution in [0, 0.1) is 5.82 Å². The zero-order valence-electron chi connectivity index (χ0n) is 14.3. The lowest BCUT2D eigenvalue weighted by Crippen LogP contribution is -2.47. The number of thiocarbonyl (C=S) groups is 1. The van der Waals surface area contributed by atoms with Crippen LogP contribution in [0.4, 0.5) is 10.1 Å². The van der Waals surface area contributed by atoms with Crippen LogP contribution in [0.1, 0.15) is 23.2 Å². The molecule has 0 bridgehead atoms. The normalized spacial score (nSPS) is 14.7. The Labute approximate surface area is 172 Å². The van der Waals surface area contributed by atoms with E-state index in [4.69, 9.17) is 35.4 Å². The number of nitrogens with one attached hydrogen (secondary N) is 2. The van der Waals surface area contributed by atoms with Gasteiger partial charge in [0, 0.05) is 24.2 Å². The number of rotatable bonds is 3. The van der Waals surface area contributed by atoms with Crippen molar-refractivity contribution in [2.24, 2.45) is 0 Å². The van der Waals surface area contributed by atoms with Crippen molar-refractivity contribution in [1.29, 1.82) is 0 Å². The lowest BCUT2D eigenvalue weighted by atomic mass is 10.0. The third-order valence-electron chi connectivity index (χ3n) is 4.41. The van der Waals surface area contributed by atoms with Gasteiger partial charge in [-0.1, -0.05) is 35.3 Å². The standard InChI is InChI=1S/C19H18Cl2FN3OS/c20-12-5-6-17(15(21)11-12)24-19(27)25-9-7-13(8-10-25)23-18(26)14-3-1-2-4-16(14)22/h1-6,11,13H,7-10H2,(H,23,26)(H,24,27). The maximum absolute atomic E-state index is 13.7. The van der Waals surface area contributed by atoms with Crippen LogP contribution in [0.2, 0.25) is 10.0 Å². The highest BCUT2D eigenvalue weighted by Crippen LogP contribution is 2.26. The minimum absolute atomic E-state index is 0.0183. The van der Waals surface area contributed by atoms with E-state index < -0.39 is 5.82 Å². The number of halogens is 3. The van der Waals surface area contributed by atoms with Gasteiger partial charge in [-0.3, -0.25) is 4.79 Å². The largest absolute Gasteiger partial charge is 0.349 e. The molecule has 0 spiro atoms. The average molecular weight is 426 g/mol. The summed E-state index contributed by atoms with van der Waals surface area (Å²) in [6.45, 7) is 1.36. The molecule has 0 saturated carbocycles. The third-order valence-corrected chi connectivity index (χ3v) is 5.32. The predicted molar refractivity (Wildman–Crippen MR) is 111 cm³/mol. The number of carbonyl (C=O) groups excluding carboxylic acids is 1. The molecule has 2 N–H and O–H groups in total. The molecule has 0 aliphatic carbocycles. The van der Waals surface area contributed by atoms with E-state index in [0.717, 1.165) is 12.8 Å². The minimum atomic E-state index is -0.516. The van der Waals surface area contributed by atoms with Crippen molar-refractivity contribution in [3.8, 4) is 0 Å². The Morgan fingerprint density at radius 2 is 1.85 bits per heavy atom. The maximum atomic E-state index is 13.7. The molecule has 2 aromatic rings. The quantitative estimate of drug-likeness (QED) is 0.697. The monoisotopic (exact) mass is 425 g/mol. The van der Waals surface area contributed by atoms with Gasteiger partial charge in [-0.2, -0.15) is 0 Å². The van der Waals surface area contributed by atoms with Crippen LogP contribution in [-0.2, 0) is 0 Å². The molecule has 27 heavy (non-hydrogen) atoms. The first-order chi connectivity index (χ1) is 12.9. The number of benzene rings is 2. The molecule has 1 fully saturated rings. The first-order valence-corrected chi connectivity index (χ1v) is 9.67. The summed E-state index contributed by atoms with van der Waals surface area (Å²) < 4.78 is 13.7. The number of hydrogen-bond acceptors (Lipinski definition) is 2. The predicted octanol–water partition coefficient (Wildman–Crippen LogP) is 4.72. The van der Waals surface area contributed by atoms with Gasteiger partial charge in [0.15, 0.2) is 5.11 Å². The lowest BCUT2D eigenvalue weighted by molar-refractivity contribution is 0.0918. The molecule has 8 heteroatoms. The number of anilines is 1. The van der Waals surface area contributed by atoms with Gasteiger partial charge < -0.3 is 15.5 Å². The summed E-state index contributed by atoms with van der Waals surface area (Å²) in [6.07, 6.45) is 1.44. The molecule has 1 amide bonds. The second-order valence-corrected chi connectivity index (χ2v) is 7.50. The lowest BCUT2D eigenvalue weighted by Gasteiger charge is -2.34. The molecule has 0 unspecified atom stereocenters. The van der Waals surface area contributed by atoms with Crippen LogP contribution in [0.25, 0.3) is 0 Å². The average Bonchev–Trinajstić information content (AvgIpc) is 2.65. The van der Waals surface area contributed by atoms with E-state index in [2.05, 4.69) is 10.6 Å². The number of nitrogens with zero attached hydrogens (tertiary/aromatic N) is 1. The molecule has 1 aliphatic rings. The minimum Gasteiger partial charge on any atom is -0.349 e. The molecular weight excluding hydrogens is 408 g/mol. The van der Waals surface area contributed by atoms with Gasteiger partial charge in [0.05, 0.1) is 16.3 Å². The fourth-order valence-electron chi connectivity index (χ4n) is 2.92. The number of amides is 1. The van der Waals surface area contributed by atoms with E-state index in [0.29, 0.717) is 33.9 Å². The molecule has 0 atom stereocenters. The Morgan fingerprint density at radius 1 is 1.15 bits per heavy atom. The smallest absolute Gasteiger partial charge is 0.254 e. The molecule has 0 aromatic heterocycles. The van der Waals surface area contributed by atoms with E-state index in [1.807, 2.05) is 4.90 Å². The molecule has 2 aromatic carbocycles. The van der Waals surface area contributed by atoms with Crippen molar-refractivity contribution < 1.29 is 9.18 Å². The molecule has 3 rings (SSSR count). The van der Waals surface area contributed by atoms with Crippen LogP contribution in [0.5, 0.6) is 0 Å². The van der Waals surface area contributed by atoms with Crippen molar-refractivity contribution in [3.63, 3.8) is 0 Å². The highest BCUT2D eigenvalue weighted by atomic mass is 35.5. The van der Waals surface area contributed by atoms with Crippen LogP contribution in [0.3, 0.4) is 0 Å². The van der Waals surface area contributed by atoms with Crippen molar-refractivity contribution in [2.45, 2.75) is 18.9 Å². The van der Waals surface area contributed by atoms with Crippen LogP contribution < -0.4 is 10.6 Å². The van der Waals surface area contributed by atoms with E-state index in [1.165, 1.54) is 12.1 Å². The first-order valence-electron chi connectivity index (χ1n) is 8.50. The van der Waals surface area contributed by atoms with Crippen molar-refractivity contribution >= 4 is 52.1 Å². The van der Waals surface area contributed by atoms with Crippen molar-refractivity contribution in [1.82, 2.24) is 10.2 Å². The highest BCUT2D eigenvalue weighted by Gasteiger charge is 2.23. The van der Waals surface area contributed by atoms with Crippen LogP contribution in [-0.4, -0.2) is 35.1 Å². The van der Waals surface area contributed by atoms with E-state index in [9.17, 15) is 9.18 Å². The molecule has 1 heterocycles. The van der Waals surface area contributed by atoms with Crippen molar-refractivity contribution in [3.05, 3.63) is 63.9 Å². The topological polar surface area (TPSA) is 44.4 Å². The Balaban J connectivity index is 1.52. The van der Waals surface area contributed by atoms with E-state index in [1.54, 1.807) is 30.3 Å². The van der Waals surface area contributed by atoms with Crippen LogP contribution in [0.15, 0.2) is 42.5 Å². The Hall–Kier alpha value is -1.89. The molecule has 0 radical (unpaired) electrons. The first kappa shape index (κ1) is 19.9. The third kappa shape index (κ3) is 5.09. The Bertz CT molecular complexity index is 857. The van der Waals surface area contributed by atoms with Crippen molar-refractivity contribution in [2.75, 3.05) is 18.4 Å². The molecule has 4 nitrogen and oxygen atoms in total. The second-order valence-electron chi connectivity index (χ2n) is 6.27. The number of piperidine rings is 1. The zero-order valence-corrected chi connectivity index (χ0v) is 16.7. The Morgan fingerprint density at radius 3 is 2.52 bits per heavy atom. The molecule has 1 aliphatic heterocycles. The zero-order chi connectivity index (χ0) is 19.4. The number of hydrogen-bond donors (Lipinski definition) is 2. The summed E-state index contributed by atoms with van der Waals surface area (Å²) in [5, 5.41) is 7.64. The van der Waals surface area contributed by atoms with Crippen LogP contribution >= 0.6 is 35.4 Å². The summed E-state index contributed by atoms with van der Waals surface area (Å²) in [5.41, 5.74) is 0.760. The van der Waals surface area contributed by atoms with Gasteiger partial charge in [0.25, 0.3) is 5.91 Å². The number of carbonyl (C=O) groups is 1. The highest BCUT2D eigenvalue weighted by molar-refractivity contribution is 7.80. The molecular formula is C19H18Cl2FN3OS. The SMILES string of the molecule is O=C(NC1CCN(C(=S)Nc2ccc(Cl)cc2Cl)CC1)c1ccccc1F. The summed E-state index contributed by atoms with van der Waals surface area (Å²) in [5.74, 6) is -0.905. The summed E-state index contributed by atoms with van der Waals surface area (Å²) in [6, 6.07) is 11.1. The second kappa shape index (κ2) is 8.87. The number of likely N-dealkylation sites (tertiary alicyclic amines) is 1. The Kier molecular flexibility index (Phi) is 6.52. The van der Waals surface area contributed by atoms with Gasteiger partial charge in [-0.25, -0.2) is 4.39 Å². The summed E-state index contributed by atoms with van der Waals surface area (Å²) in [7, 11) is 0. The van der Waals surface area contributed by atoms with Gasteiger partial charge in [-0.15, -0.1) is 0 Å². The van der Waals surface area contributed by atoms with Gasteiger partial charge in [0.2, 0.25) is 0 Å². The van der Waals surface area contributed by atoms with E-state index >= 15 is 0 Å². The fourth-order valence-corrected chi connectivity index (χ4v) is 3.67. The maximum Gasteiger partial charge on any atom is 0.254 e. The molecule has 142 valence electrons. The summed E-state index contributed by atoms with van der Waals surface area (Å²) >= 11 is 17.5. The summed E-state index contributed by atoms with van der Waals surface area (Å²) in [4.78, 5) is 14.2. The van der Waals surface area contributed by atoms with Gasteiger partial charge in [0.1, 0.15) is 5.82 Å².